The molecular weight excluding hydrogens is 348 g/mol. The third kappa shape index (κ3) is 18.8. The van der Waals surface area contributed by atoms with Crippen LogP contribution in [0, 0.1) is 23.7 Å². The molecule has 1 N–H and O–H groups in total. The summed E-state index contributed by atoms with van der Waals surface area (Å²) < 4.78 is 5.06. The molecule has 0 aromatic rings. The van der Waals surface area contributed by atoms with Gasteiger partial charge in [0.2, 0.25) is 0 Å². The van der Waals surface area contributed by atoms with Crippen molar-refractivity contribution in [2.45, 2.75) is 118 Å². The predicted molar refractivity (Wildman–Crippen MR) is 120 cm³/mol. The summed E-state index contributed by atoms with van der Waals surface area (Å²) in [5.74, 6) is 3.16. The lowest BCUT2D eigenvalue weighted by Crippen LogP contribution is -2.07. The Morgan fingerprint density at radius 3 is 1.54 bits per heavy atom. The van der Waals surface area contributed by atoms with Crippen molar-refractivity contribution in [2.24, 2.45) is 23.7 Å². The van der Waals surface area contributed by atoms with E-state index in [9.17, 15) is 4.79 Å². The second-order valence-electron chi connectivity index (χ2n) is 9.69. The first-order chi connectivity index (χ1) is 13.3. The van der Waals surface area contributed by atoms with Crippen LogP contribution < -0.4 is 0 Å². The summed E-state index contributed by atoms with van der Waals surface area (Å²) in [5, 5.41) is 8.68. The topological polar surface area (TPSA) is 46.5 Å². The van der Waals surface area contributed by atoms with Gasteiger partial charge in [-0.1, -0.05) is 98.8 Å². The monoisotopic (exact) mass is 398 g/mol. The minimum Gasteiger partial charge on any atom is -0.466 e. The second kappa shape index (κ2) is 18.5. The van der Waals surface area contributed by atoms with E-state index in [2.05, 4.69) is 34.6 Å². The van der Waals surface area contributed by atoms with Crippen LogP contribution in [0.5, 0.6) is 0 Å². The Labute approximate surface area is 176 Å². The van der Waals surface area contributed by atoms with Gasteiger partial charge in [-0.25, -0.2) is 0 Å². The number of carbonyl (C=O) groups is 1. The van der Waals surface area contributed by atoms with Gasteiger partial charge in [-0.3, -0.25) is 4.79 Å². The normalized spacial score (nSPS) is 14.8. The molecule has 0 heterocycles. The molecule has 3 heteroatoms. The lowest BCUT2D eigenvalue weighted by molar-refractivity contribution is -0.144. The molecule has 3 unspecified atom stereocenters. The zero-order valence-corrected chi connectivity index (χ0v) is 19.7. The molecule has 28 heavy (non-hydrogen) atoms. The van der Waals surface area contributed by atoms with Crippen LogP contribution in [-0.4, -0.2) is 24.3 Å². The predicted octanol–water partition coefficient (Wildman–Crippen LogP) is 7.16. The second-order valence-corrected chi connectivity index (χ2v) is 9.69. The van der Waals surface area contributed by atoms with Crippen LogP contribution in [0.15, 0.2) is 0 Å². The third-order valence-electron chi connectivity index (χ3n) is 5.91. The van der Waals surface area contributed by atoms with Crippen molar-refractivity contribution in [3.8, 4) is 0 Å². The number of ether oxygens (including phenoxy) is 1. The molecule has 0 aliphatic rings. The fraction of sp³-hybridized carbons (Fsp3) is 0.960. The SMILES string of the molecule is CC(C)CCCC(C)CCCC(C)CCCC(C)CCCC(=O)OCCCO. The van der Waals surface area contributed by atoms with E-state index < -0.39 is 0 Å². The Bertz CT molecular complexity index is 354. The fourth-order valence-corrected chi connectivity index (χ4v) is 3.85. The fourth-order valence-electron chi connectivity index (χ4n) is 3.85. The first kappa shape index (κ1) is 27.4. The van der Waals surface area contributed by atoms with Crippen LogP contribution in [0.1, 0.15) is 118 Å². The van der Waals surface area contributed by atoms with Gasteiger partial charge >= 0.3 is 5.97 Å². The summed E-state index contributed by atoms with van der Waals surface area (Å²) in [7, 11) is 0. The Balaban J connectivity index is 3.56. The molecule has 0 saturated heterocycles. The van der Waals surface area contributed by atoms with E-state index in [1.807, 2.05) is 0 Å². The largest absolute Gasteiger partial charge is 0.466 e. The summed E-state index contributed by atoms with van der Waals surface area (Å²) in [6.07, 6.45) is 15.3. The number of hydrogen-bond donors (Lipinski definition) is 1. The number of carbonyl (C=O) groups excluding carboxylic acids is 1. The quantitative estimate of drug-likeness (QED) is 0.185. The summed E-state index contributed by atoms with van der Waals surface area (Å²) in [5.41, 5.74) is 0. The zero-order valence-electron chi connectivity index (χ0n) is 19.7. The van der Waals surface area contributed by atoms with E-state index in [0.29, 0.717) is 25.4 Å². The Hall–Kier alpha value is -0.570. The minimum atomic E-state index is -0.118. The summed E-state index contributed by atoms with van der Waals surface area (Å²) in [6.45, 7) is 12.2. The Kier molecular flexibility index (Phi) is 18.1. The maximum atomic E-state index is 11.5. The van der Waals surface area contributed by atoms with E-state index >= 15 is 0 Å². The van der Waals surface area contributed by atoms with Gasteiger partial charge in [0.25, 0.3) is 0 Å². The van der Waals surface area contributed by atoms with E-state index in [4.69, 9.17) is 9.84 Å². The minimum absolute atomic E-state index is 0.0834. The summed E-state index contributed by atoms with van der Waals surface area (Å²) in [4.78, 5) is 11.5. The van der Waals surface area contributed by atoms with Crippen LogP contribution >= 0.6 is 0 Å². The molecule has 0 aliphatic heterocycles. The number of rotatable bonds is 19. The molecule has 0 aromatic carbocycles. The van der Waals surface area contributed by atoms with Gasteiger partial charge in [0.05, 0.1) is 6.61 Å². The van der Waals surface area contributed by atoms with Crippen LogP contribution in [0.25, 0.3) is 0 Å². The third-order valence-corrected chi connectivity index (χ3v) is 5.91. The highest BCUT2D eigenvalue weighted by molar-refractivity contribution is 5.69. The van der Waals surface area contributed by atoms with Crippen LogP contribution in [0.2, 0.25) is 0 Å². The van der Waals surface area contributed by atoms with Crippen LogP contribution in [-0.2, 0) is 9.53 Å². The molecule has 168 valence electrons. The first-order valence-electron chi connectivity index (χ1n) is 12.1. The van der Waals surface area contributed by atoms with Crippen LogP contribution in [0.4, 0.5) is 0 Å². The van der Waals surface area contributed by atoms with E-state index in [-0.39, 0.29) is 12.6 Å². The lowest BCUT2D eigenvalue weighted by atomic mass is 9.90. The molecule has 0 bridgehead atoms. The molecule has 0 rings (SSSR count). The van der Waals surface area contributed by atoms with Gasteiger partial charge in [-0.15, -0.1) is 0 Å². The zero-order chi connectivity index (χ0) is 21.2. The maximum absolute atomic E-state index is 11.5. The van der Waals surface area contributed by atoms with Gasteiger partial charge in [0.1, 0.15) is 0 Å². The van der Waals surface area contributed by atoms with E-state index in [0.717, 1.165) is 30.6 Å². The van der Waals surface area contributed by atoms with Gasteiger partial charge in [0.15, 0.2) is 0 Å². The van der Waals surface area contributed by atoms with Crippen molar-refractivity contribution in [1.82, 2.24) is 0 Å². The van der Waals surface area contributed by atoms with Crippen LogP contribution in [0.3, 0.4) is 0 Å². The lowest BCUT2D eigenvalue weighted by Gasteiger charge is -2.16. The van der Waals surface area contributed by atoms with Gasteiger partial charge in [-0.05, 0) is 30.1 Å². The van der Waals surface area contributed by atoms with Gasteiger partial charge in [-0.2, -0.15) is 0 Å². The summed E-state index contributed by atoms with van der Waals surface area (Å²) in [6, 6.07) is 0. The molecule has 0 spiro atoms. The number of aliphatic hydroxyl groups is 1. The van der Waals surface area contributed by atoms with Crippen molar-refractivity contribution in [3.63, 3.8) is 0 Å². The average molecular weight is 399 g/mol. The Morgan fingerprint density at radius 1 is 0.679 bits per heavy atom. The molecule has 3 atom stereocenters. The number of esters is 1. The smallest absolute Gasteiger partial charge is 0.305 e. The molecule has 0 amide bonds. The number of hydrogen-bond acceptors (Lipinski definition) is 3. The highest BCUT2D eigenvalue weighted by Gasteiger charge is 2.09. The molecule has 3 nitrogen and oxygen atoms in total. The average Bonchev–Trinajstić information content (AvgIpc) is 2.61. The van der Waals surface area contributed by atoms with Gasteiger partial charge in [0, 0.05) is 19.4 Å². The number of aliphatic hydroxyl groups excluding tert-OH is 1. The van der Waals surface area contributed by atoms with E-state index in [1.165, 1.54) is 57.8 Å². The van der Waals surface area contributed by atoms with Crippen molar-refractivity contribution >= 4 is 5.97 Å². The Morgan fingerprint density at radius 2 is 1.11 bits per heavy atom. The van der Waals surface area contributed by atoms with Crippen molar-refractivity contribution in [3.05, 3.63) is 0 Å². The van der Waals surface area contributed by atoms with Gasteiger partial charge < -0.3 is 9.84 Å². The highest BCUT2D eigenvalue weighted by atomic mass is 16.5. The first-order valence-corrected chi connectivity index (χ1v) is 12.1. The van der Waals surface area contributed by atoms with Crippen molar-refractivity contribution in [1.29, 1.82) is 0 Å². The van der Waals surface area contributed by atoms with Crippen molar-refractivity contribution < 1.29 is 14.6 Å². The highest BCUT2D eigenvalue weighted by Crippen LogP contribution is 2.23. The molecule has 0 aliphatic carbocycles. The van der Waals surface area contributed by atoms with E-state index in [1.54, 1.807) is 0 Å². The molecule has 0 aromatic heterocycles. The molecule has 0 radical (unpaired) electrons. The summed E-state index contributed by atoms with van der Waals surface area (Å²) >= 11 is 0. The molecular formula is C25H50O3. The molecule has 0 fully saturated rings. The molecule has 0 saturated carbocycles. The van der Waals surface area contributed by atoms with Crippen molar-refractivity contribution in [2.75, 3.05) is 13.2 Å². The maximum Gasteiger partial charge on any atom is 0.305 e. The standard InChI is InChI=1S/C25H50O3/c1-21(2)11-6-12-22(3)13-7-14-23(4)15-8-16-24(5)17-9-18-25(27)28-20-10-19-26/h21-24,26H,6-20H2,1-5H3.